The molecule has 2 aromatic carbocycles. The first-order valence-electron chi connectivity index (χ1n) is 15.8. The van der Waals surface area contributed by atoms with Crippen LogP contribution in [0.25, 0.3) is 32.3 Å². The summed E-state index contributed by atoms with van der Waals surface area (Å²) in [6, 6.07) is 21.8. The van der Waals surface area contributed by atoms with Gasteiger partial charge in [0.2, 0.25) is 0 Å². The molecule has 0 unspecified atom stereocenters. The summed E-state index contributed by atoms with van der Waals surface area (Å²) < 4.78 is 21.0. The normalized spacial score (nSPS) is 14.8. The van der Waals surface area contributed by atoms with Gasteiger partial charge < -0.3 is 28.7 Å². The van der Waals surface area contributed by atoms with Gasteiger partial charge in [0, 0.05) is 23.8 Å². The highest BCUT2D eigenvalue weighted by molar-refractivity contribution is 7.17. The van der Waals surface area contributed by atoms with Crippen LogP contribution < -0.4 is 9.47 Å². The molecule has 6 rings (SSSR count). The minimum Gasteiger partial charge on any atom is -0.428 e. The van der Waals surface area contributed by atoms with Gasteiger partial charge in [-0.05, 0) is 125 Å². The molecule has 12 heteroatoms. The highest BCUT2D eigenvalue weighted by Crippen LogP contribution is 2.48. The molecule has 4 heterocycles. The third-order valence-corrected chi connectivity index (χ3v) is 9.85. The first-order chi connectivity index (χ1) is 23.5. The molecule has 0 saturated carbocycles. The Labute approximate surface area is 298 Å². The summed E-state index contributed by atoms with van der Waals surface area (Å²) in [6.45, 7) is 10.6. The Bertz CT molecular complexity index is 1920. The van der Waals surface area contributed by atoms with Gasteiger partial charge in [0.05, 0.1) is 32.3 Å². The largest absolute Gasteiger partial charge is 0.514 e. The molecule has 0 N–H and O–H groups in total. The number of amides is 2. The van der Waals surface area contributed by atoms with E-state index in [0.29, 0.717) is 34.0 Å². The van der Waals surface area contributed by atoms with Gasteiger partial charge in [-0.1, -0.05) is 0 Å². The zero-order chi connectivity index (χ0) is 36.1. The van der Waals surface area contributed by atoms with Gasteiger partial charge in [-0.2, -0.15) is 0 Å². The summed E-state index contributed by atoms with van der Waals surface area (Å²) in [7, 11) is 3.37. The number of ether oxygens (including phenoxy) is 4. The number of likely N-dealkylation sites (N-methyl/N-ethyl adjacent to an activating group) is 2. The molecule has 2 aliphatic heterocycles. The van der Waals surface area contributed by atoms with Crippen LogP contribution in [0.5, 0.6) is 11.5 Å². The molecule has 50 heavy (non-hydrogen) atoms. The Morgan fingerprint density at radius 3 is 1.16 bits per heavy atom. The van der Waals surface area contributed by atoms with Crippen molar-refractivity contribution in [2.75, 3.05) is 14.1 Å². The Balaban J connectivity index is 1.25. The average Bonchev–Trinajstić information content (AvgIpc) is 3.79. The SMILES string of the molecule is CN1C(=O)C2=C(c3ccc(-c4ccc(OC(=O)OC(C)(C)C)cc4)s3)N(C)C(=O)C2=C1c1ccc(-c2ccc(OC(=O)OC(C)(C)C)cc2)s1. The number of carbonyl (C=O) groups is 4. The van der Waals surface area contributed by atoms with Gasteiger partial charge in [-0.15, -0.1) is 22.7 Å². The molecular formula is C38H36N2O8S2. The molecule has 0 fully saturated rings. The Hall–Kier alpha value is -5.20. The standard InChI is InChI=1S/C38H36N2O8S2/c1-37(2,3)47-35(43)45-23-13-9-21(10-14-23)25-17-19-27(49-25)31-29-30(34(42)39(31)7)32(40(8)33(29)41)28-20-18-26(50-28)22-11-15-24(16-12-22)46-36(44)48-38(4,5)6/h9-20H,1-8H3. The van der Waals surface area contributed by atoms with Crippen LogP contribution in [0.3, 0.4) is 0 Å². The topological polar surface area (TPSA) is 112 Å². The van der Waals surface area contributed by atoms with Gasteiger partial charge in [0.25, 0.3) is 11.8 Å². The van der Waals surface area contributed by atoms with Crippen LogP contribution in [0.1, 0.15) is 51.3 Å². The number of rotatable bonds is 6. The van der Waals surface area contributed by atoms with Crippen molar-refractivity contribution in [3.8, 4) is 32.4 Å². The van der Waals surface area contributed by atoms with Crippen LogP contribution in [0.15, 0.2) is 83.9 Å². The van der Waals surface area contributed by atoms with Crippen LogP contribution in [-0.4, -0.2) is 59.2 Å². The quantitative estimate of drug-likeness (QED) is 0.144. The number of hydrogen-bond donors (Lipinski definition) is 0. The molecule has 0 spiro atoms. The molecule has 10 nitrogen and oxygen atoms in total. The minimum atomic E-state index is -0.778. The van der Waals surface area contributed by atoms with Crippen molar-refractivity contribution in [3.05, 3.63) is 93.7 Å². The average molecular weight is 713 g/mol. The fraction of sp³-hybridized carbons (Fsp3) is 0.263. The van der Waals surface area contributed by atoms with E-state index < -0.39 is 23.5 Å². The predicted molar refractivity (Wildman–Crippen MR) is 193 cm³/mol. The Kier molecular flexibility index (Phi) is 8.96. The Morgan fingerprint density at radius 2 is 0.840 bits per heavy atom. The fourth-order valence-electron chi connectivity index (χ4n) is 5.45. The molecule has 258 valence electrons. The summed E-state index contributed by atoms with van der Waals surface area (Å²) in [5.74, 6) is 0.210. The van der Waals surface area contributed by atoms with Crippen LogP contribution >= 0.6 is 22.7 Å². The van der Waals surface area contributed by atoms with Crippen molar-refractivity contribution < 1.29 is 38.1 Å². The summed E-state index contributed by atoms with van der Waals surface area (Å²) in [4.78, 5) is 58.1. The molecule has 0 atom stereocenters. The molecule has 2 aliphatic rings. The minimum absolute atomic E-state index is 0.250. The van der Waals surface area contributed by atoms with Crippen molar-refractivity contribution in [3.63, 3.8) is 0 Å². The predicted octanol–water partition coefficient (Wildman–Crippen LogP) is 8.84. The number of thiophene rings is 2. The molecule has 2 aromatic heterocycles. The summed E-state index contributed by atoms with van der Waals surface area (Å²) >= 11 is 2.92. The second kappa shape index (κ2) is 12.9. The molecule has 0 radical (unpaired) electrons. The van der Waals surface area contributed by atoms with Gasteiger partial charge in [0.15, 0.2) is 0 Å². The van der Waals surface area contributed by atoms with Crippen LogP contribution in [-0.2, 0) is 19.1 Å². The highest BCUT2D eigenvalue weighted by atomic mass is 32.1. The van der Waals surface area contributed by atoms with E-state index >= 15 is 0 Å². The first-order valence-corrected chi connectivity index (χ1v) is 17.4. The number of benzene rings is 2. The van der Waals surface area contributed by atoms with E-state index in [4.69, 9.17) is 18.9 Å². The van der Waals surface area contributed by atoms with Gasteiger partial charge in [-0.25, -0.2) is 9.59 Å². The van der Waals surface area contributed by atoms with Crippen molar-refractivity contribution in [2.45, 2.75) is 52.7 Å². The van der Waals surface area contributed by atoms with Crippen molar-refractivity contribution >= 4 is 58.2 Å². The second-order valence-electron chi connectivity index (χ2n) is 13.7. The lowest BCUT2D eigenvalue weighted by Gasteiger charge is -2.18. The Morgan fingerprint density at radius 1 is 0.520 bits per heavy atom. The number of fused-ring (bicyclic) bond motifs is 1. The van der Waals surface area contributed by atoms with Gasteiger partial charge in [0.1, 0.15) is 22.7 Å². The summed E-state index contributed by atoms with van der Waals surface area (Å²) in [5, 5.41) is 0. The molecular weight excluding hydrogens is 677 g/mol. The zero-order valence-corrected chi connectivity index (χ0v) is 30.5. The van der Waals surface area contributed by atoms with Crippen LogP contribution in [0.2, 0.25) is 0 Å². The van der Waals surface area contributed by atoms with Gasteiger partial charge >= 0.3 is 12.3 Å². The van der Waals surface area contributed by atoms with Crippen molar-refractivity contribution in [1.29, 1.82) is 0 Å². The fourth-order valence-corrected chi connectivity index (χ4v) is 7.65. The third kappa shape index (κ3) is 7.08. The third-order valence-electron chi connectivity index (χ3n) is 7.57. The van der Waals surface area contributed by atoms with E-state index in [-0.39, 0.29) is 11.8 Å². The van der Waals surface area contributed by atoms with E-state index in [1.54, 1.807) is 89.7 Å². The first kappa shape index (κ1) is 34.7. The molecule has 2 amide bonds. The lowest BCUT2D eigenvalue weighted by molar-refractivity contribution is -0.123. The van der Waals surface area contributed by atoms with Crippen LogP contribution in [0.4, 0.5) is 9.59 Å². The number of carbonyl (C=O) groups excluding carboxylic acids is 4. The smallest absolute Gasteiger partial charge is 0.428 e. The lowest BCUT2D eigenvalue weighted by Crippen LogP contribution is -2.25. The summed E-state index contributed by atoms with van der Waals surface area (Å²) in [6.07, 6.45) is -1.56. The van der Waals surface area contributed by atoms with E-state index in [0.717, 1.165) is 30.6 Å². The van der Waals surface area contributed by atoms with Gasteiger partial charge in [-0.3, -0.25) is 9.59 Å². The van der Waals surface area contributed by atoms with Crippen molar-refractivity contribution in [2.24, 2.45) is 0 Å². The maximum absolute atomic E-state index is 13.8. The zero-order valence-electron chi connectivity index (χ0n) is 28.9. The molecule has 0 bridgehead atoms. The lowest BCUT2D eigenvalue weighted by atomic mass is 10.1. The maximum Gasteiger partial charge on any atom is 0.514 e. The summed E-state index contributed by atoms with van der Waals surface area (Å²) in [5.41, 5.74) is 2.33. The molecule has 0 saturated heterocycles. The van der Waals surface area contributed by atoms with Crippen LogP contribution in [0, 0.1) is 0 Å². The highest BCUT2D eigenvalue weighted by Gasteiger charge is 2.47. The van der Waals surface area contributed by atoms with E-state index in [2.05, 4.69) is 0 Å². The molecule has 0 aliphatic carbocycles. The number of hydrogen-bond acceptors (Lipinski definition) is 10. The second-order valence-corrected chi connectivity index (χ2v) is 15.9. The van der Waals surface area contributed by atoms with Crippen molar-refractivity contribution in [1.82, 2.24) is 9.80 Å². The maximum atomic E-state index is 13.8. The van der Waals surface area contributed by atoms with E-state index in [9.17, 15) is 19.2 Å². The van der Waals surface area contributed by atoms with E-state index in [1.807, 2.05) is 48.5 Å². The monoisotopic (exact) mass is 712 g/mol. The number of nitrogens with zero attached hydrogens (tertiary/aromatic N) is 2. The van der Waals surface area contributed by atoms with E-state index in [1.165, 1.54) is 22.7 Å². The molecule has 4 aromatic rings.